The van der Waals surface area contributed by atoms with Gasteiger partial charge in [-0.25, -0.2) is 18.7 Å². The number of aryl methyl sites for hydroxylation is 1. The highest BCUT2D eigenvalue weighted by Gasteiger charge is 2.31. The Morgan fingerprint density at radius 3 is 2.64 bits per heavy atom. The average Bonchev–Trinajstić information content (AvgIpc) is 2.97. The van der Waals surface area contributed by atoms with E-state index in [0.717, 1.165) is 32.1 Å². The SMILES string of the molecule is Cc1ccc([C@@H]2CCC[C@H](CNc3cc(C(=O)N4CCC(NC5CCOCC5F)CC4)nc(CF)n3)O2)cc1. The van der Waals surface area contributed by atoms with Gasteiger partial charge in [-0.3, -0.25) is 4.79 Å². The Morgan fingerprint density at radius 1 is 1.10 bits per heavy atom. The first kappa shape index (κ1) is 27.9. The molecule has 3 fully saturated rings. The summed E-state index contributed by atoms with van der Waals surface area (Å²) in [5.74, 6) is 0.166. The maximum Gasteiger partial charge on any atom is 0.272 e. The molecule has 5 rings (SSSR count). The number of benzene rings is 1. The molecule has 0 bridgehead atoms. The molecule has 1 amide bonds. The van der Waals surface area contributed by atoms with E-state index < -0.39 is 12.8 Å². The lowest BCUT2D eigenvalue weighted by Gasteiger charge is -2.36. The van der Waals surface area contributed by atoms with Gasteiger partial charge in [0.05, 0.1) is 18.8 Å². The molecule has 1 aromatic carbocycles. The number of carbonyl (C=O) groups excluding carboxylic acids is 1. The number of aromatic nitrogens is 2. The Morgan fingerprint density at radius 2 is 1.90 bits per heavy atom. The Balaban J connectivity index is 1.15. The van der Waals surface area contributed by atoms with Crippen molar-refractivity contribution in [2.24, 2.45) is 0 Å². The predicted octanol–water partition coefficient (Wildman–Crippen LogP) is 4.30. The monoisotopic (exact) mass is 543 g/mol. The molecule has 3 aliphatic rings. The summed E-state index contributed by atoms with van der Waals surface area (Å²) in [4.78, 5) is 23.4. The third-order valence-electron chi connectivity index (χ3n) is 7.94. The first-order valence-electron chi connectivity index (χ1n) is 14.2. The normalized spacial score (nSPS) is 26.4. The number of amides is 1. The number of piperidine rings is 1. The van der Waals surface area contributed by atoms with Crippen LogP contribution in [0.5, 0.6) is 0 Å². The van der Waals surface area contributed by atoms with Crippen molar-refractivity contribution in [2.45, 2.75) is 82.6 Å². The number of alkyl halides is 2. The van der Waals surface area contributed by atoms with Crippen molar-refractivity contribution >= 4 is 11.7 Å². The molecule has 4 heterocycles. The number of hydrogen-bond acceptors (Lipinski definition) is 7. The van der Waals surface area contributed by atoms with E-state index in [1.165, 1.54) is 11.1 Å². The molecule has 3 saturated heterocycles. The summed E-state index contributed by atoms with van der Waals surface area (Å²) in [6.45, 7) is 3.49. The zero-order valence-electron chi connectivity index (χ0n) is 22.6. The molecule has 4 atom stereocenters. The Bertz CT molecular complexity index is 1100. The van der Waals surface area contributed by atoms with Crippen LogP contribution in [0.25, 0.3) is 0 Å². The number of carbonyl (C=O) groups is 1. The second-order valence-corrected chi connectivity index (χ2v) is 10.9. The van der Waals surface area contributed by atoms with Gasteiger partial charge in [-0.2, -0.15) is 0 Å². The van der Waals surface area contributed by atoms with Crippen molar-refractivity contribution in [2.75, 3.05) is 38.2 Å². The van der Waals surface area contributed by atoms with E-state index in [-0.39, 0.29) is 48.3 Å². The summed E-state index contributed by atoms with van der Waals surface area (Å²) >= 11 is 0. The molecular weight excluding hydrogens is 504 g/mol. The highest BCUT2D eigenvalue weighted by molar-refractivity contribution is 5.93. The molecule has 2 N–H and O–H groups in total. The average molecular weight is 544 g/mol. The lowest BCUT2D eigenvalue weighted by atomic mass is 9.97. The van der Waals surface area contributed by atoms with E-state index in [0.29, 0.717) is 38.5 Å². The highest BCUT2D eigenvalue weighted by atomic mass is 19.1. The van der Waals surface area contributed by atoms with E-state index in [9.17, 15) is 13.6 Å². The van der Waals surface area contributed by atoms with Crippen molar-refractivity contribution in [1.29, 1.82) is 0 Å². The number of ether oxygens (including phenoxy) is 2. The minimum Gasteiger partial charge on any atom is -0.378 e. The highest BCUT2D eigenvalue weighted by Crippen LogP contribution is 2.31. The summed E-state index contributed by atoms with van der Waals surface area (Å²) in [7, 11) is 0. The summed E-state index contributed by atoms with van der Waals surface area (Å²) in [5, 5.41) is 6.66. The van der Waals surface area contributed by atoms with Gasteiger partial charge in [0.2, 0.25) is 0 Å². The van der Waals surface area contributed by atoms with Crippen LogP contribution in [-0.4, -0.2) is 78.0 Å². The van der Waals surface area contributed by atoms with Crippen LogP contribution in [0.2, 0.25) is 0 Å². The smallest absolute Gasteiger partial charge is 0.272 e. The number of likely N-dealkylation sites (tertiary alicyclic amines) is 1. The maximum atomic E-state index is 14.1. The third-order valence-corrected chi connectivity index (χ3v) is 7.94. The van der Waals surface area contributed by atoms with E-state index >= 15 is 0 Å². The lowest BCUT2D eigenvalue weighted by molar-refractivity contribution is -0.0442. The molecule has 39 heavy (non-hydrogen) atoms. The molecule has 0 radical (unpaired) electrons. The number of anilines is 1. The fourth-order valence-corrected chi connectivity index (χ4v) is 5.66. The summed E-state index contributed by atoms with van der Waals surface area (Å²) < 4.78 is 39.3. The first-order valence-corrected chi connectivity index (χ1v) is 14.2. The van der Waals surface area contributed by atoms with Gasteiger partial charge in [-0.05, 0) is 51.0 Å². The predicted molar refractivity (Wildman–Crippen MR) is 144 cm³/mol. The fraction of sp³-hybridized carbons (Fsp3) is 0.621. The molecule has 1 aromatic heterocycles. The molecule has 8 nitrogen and oxygen atoms in total. The van der Waals surface area contributed by atoms with Crippen LogP contribution in [-0.2, 0) is 16.1 Å². The molecular formula is C29H39F2N5O3. The van der Waals surface area contributed by atoms with Gasteiger partial charge in [0.1, 0.15) is 24.4 Å². The van der Waals surface area contributed by atoms with Gasteiger partial charge in [0, 0.05) is 44.4 Å². The number of halogens is 2. The van der Waals surface area contributed by atoms with Crippen LogP contribution in [0.15, 0.2) is 30.3 Å². The molecule has 2 unspecified atom stereocenters. The van der Waals surface area contributed by atoms with Crippen LogP contribution < -0.4 is 10.6 Å². The van der Waals surface area contributed by atoms with Gasteiger partial charge in [-0.1, -0.05) is 29.8 Å². The molecule has 0 spiro atoms. The quantitative estimate of drug-likeness (QED) is 0.513. The Kier molecular flexibility index (Phi) is 9.36. The minimum atomic E-state index is -1.00. The van der Waals surface area contributed by atoms with Crippen LogP contribution >= 0.6 is 0 Å². The lowest BCUT2D eigenvalue weighted by Crippen LogP contribution is -2.52. The zero-order valence-corrected chi connectivity index (χ0v) is 22.6. The molecule has 10 heteroatoms. The molecule has 212 valence electrons. The third kappa shape index (κ3) is 7.29. The largest absolute Gasteiger partial charge is 0.378 e. The maximum absolute atomic E-state index is 14.1. The van der Waals surface area contributed by atoms with Crippen molar-refractivity contribution in [3.8, 4) is 0 Å². The first-order chi connectivity index (χ1) is 19.0. The van der Waals surface area contributed by atoms with Crippen LogP contribution in [0.3, 0.4) is 0 Å². The van der Waals surface area contributed by atoms with Crippen molar-refractivity contribution in [3.63, 3.8) is 0 Å². The van der Waals surface area contributed by atoms with Crippen molar-refractivity contribution in [3.05, 3.63) is 53.0 Å². The summed E-state index contributed by atoms with van der Waals surface area (Å²) in [6, 6.07) is 9.99. The van der Waals surface area contributed by atoms with Crippen molar-refractivity contribution in [1.82, 2.24) is 20.2 Å². The van der Waals surface area contributed by atoms with Crippen LogP contribution in [0, 0.1) is 6.92 Å². The second kappa shape index (κ2) is 13.1. The molecule has 3 aliphatic heterocycles. The summed E-state index contributed by atoms with van der Waals surface area (Å²) in [5.41, 5.74) is 2.58. The second-order valence-electron chi connectivity index (χ2n) is 10.9. The van der Waals surface area contributed by atoms with Gasteiger partial charge >= 0.3 is 0 Å². The van der Waals surface area contributed by atoms with Gasteiger partial charge in [0.15, 0.2) is 5.82 Å². The topological polar surface area (TPSA) is 88.6 Å². The van der Waals surface area contributed by atoms with E-state index in [1.807, 2.05) is 0 Å². The minimum absolute atomic E-state index is 0.0147. The molecule has 2 aromatic rings. The van der Waals surface area contributed by atoms with Gasteiger partial charge in [0.25, 0.3) is 5.91 Å². The standard InChI is InChI=1S/C29H39F2N5O3/c1-19-5-7-20(8-6-19)26-4-2-3-22(39-26)17-32-27-15-25(34-28(16-30)35-27)29(37)36-12-9-21(10-13-36)33-24-11-14-38-18-23(24)31/h5-8,15,21-24,26,33H,2-4,9-14,16-18H2,1H3,(H,32,34,35)/t22-,23?,24?,26+/m1/s1. The van der Waals surface area contributed by atoms with Crippen LogP contribution in [0.4, 0.5) is 14.6 Å². The zero-order chi connectivity index (χ0) is 27.2. The number of rotatable bonds is 8. The van der Waals surface area contributed by atoms with Crippen LogP contribution in [0.1, 0.15) is 72.1 Å². The van der Waals surface area contributed by atoms with Gasteiger partial charge < -0.3 is 25.0 Å². The number of hydrogen-bond donors (Lipinski definition) is 2. The molecule has 0 aliphatic carbocycles. The van der Waals surface area contributed by atoms with E-state index in [1.54, 1.807) is 11.0 Å². The van der Waals surface area contributed by atoms with Crippen molar-refractivity contribution < 1.29 is 23.0 Å². The van der Waals surface area contributed by atoms with E-state index in [2.05, 4.69) is 51.8 Å². The Hall–Kier alpha value is -2.69. The van der Waals surface area contributed by atoms with Gasteiger partial charge in [-0.15, -0.1) is 0 Å². The molecule has 0 saturated carbocycles. The number of nitrogens with zero attached hydrogens (tertiary/aromatic N) is 3. The van der Waals surface area contributed by atoms with E-state index in [4.69, 9.17) is 9.47 Å². The Labute approximate surface area is 228 Å². The summed E-state index contributed by atoms with van der Waals surface area (Å²) in [6.07, 6.45) is 4.09. The fourth-order valence-electron chi connectivity index (χ4n) is 5.66. The number of nitrogens with one attached hydrogen (secondary N) is 2.